The van der Waals surface area contributed by atoms with Gasteiger partial charge in [0.25, 0.3) is 0 Å². The largest absolute Gasteiger partial charge is 0.466 e. The fourth-order valence-electron chi connectivity index (χ4n) is 3.65. The average Bonchev–Trinajstić information content (AvgIpc) is 2.83. The Balaban J connectivity index is 1.84. The molecule has 3 rings (SSSR count). The van der Waals surface area contributed by atoms with E-state index in [2.05, 4.69) is 97.4 Å². The lowest BCUT2D eigenvalue weighted by Crippen LogP contribution is -2.23. The zero-order valence-electron chi connectivity index (χ0n) is 20.1. The fraction of sp³-hybridized carbons (Fsp3) is 0.241. The summed E-state index contributed by atoms with van der Waals surface area (Å²) in [5.74, 6) is -0.419. The van der Waals surface area contributed by atoms with Crippen LogP contribution in [0.15, 0.2) is 79.4 Å². The van der Waals surface area contributed by atoms with Gasteiger partial charge >= 0.3 is 5.97 Å². The van der Waals surface area contributed by atoms with Crippen molar-refractivity contribution in [1.82, 2.24) is 5.32 Å². The Morgan fingerprint density at radius 1 is 0.853 bits per heavy atom. The van der Waals surface area contributed by atoms with E-state index < -0.39 is 0 Å². The highest BCUT2D eigenvalue weighted by molar-refractivity contribution is 5.86. The van der Waals surface area contributed by atoms with Crippen LogP contribution in [0.4, 0.5) is 17.1 Å². The molecule has 0 unspecified atom stereocenters. The van der Waals surface area contributed by atoms with Crippen LogP contribution in [0.2, 0.25) is 0 Å². The number of ether oxygens (including phenoxy) is 1. The van der Waals surface area contributed by atoms with E-state index in [9.17, 15) is 9.59 Å². The van der Waals surface area contributed by atoms with Gasteiger partial charge < -0.3 is 15.0 Å². The van der Waals surface area contributed by atoms with E-state index in [4.69, 9.17) is 4.74 Å². The summed E-state index contributed by atoms with van der Waals surface area (Å²) in [5, 5.41) is 2.81. The maximum absolute atomic E-state index is 11.4. The Morgan fingerprint density at radius 3 is 1.94 bits per heavy atom. The number of nitrogens with one attached hydrogen (secondary N) is 1. The van der Waals surface area contributed by atoms with Crippen LogP contribution < -0.4 is 10.2 Å². The van der Waals surface area contributed by atoms with Crippen molar-refractivity contribution in [2.24, 2.45) is 0 Å². The van der Waals surface area contributed by atoms with Crippen LogP contribution in [0.5, 0.6) is 0 Å². The first kappa shape index (κ1) is 24.8. The molecule has 3 aromatic carbocycles. The van der Waals surface area contributed by atoms with E-state index in [1.54, 1.807) is 0 Å². The monoisotopic (exact) mass is 456 g/mol. The maximum Gasteiger partial charge on any atom is 0.302 e. The molecule has 34 heavy (non-hydrogen) atoms. The molecule has 0 aliphatic carbocycles. The molecule has 0 radical (unpaired) electrons. The number of carbonyl (C=O) groups excluding carboxylic acids is 2. The molecule has 0 fully saturated rings. The summed E-state index contributed by atoms with van der Waals surface area (Å²) in [4.78, 5) is 24.6. The van der Waals surface area contributed by atoms with E-state index in [1.807, 2.05) is 0 Å². The van der Waals surface area contributed by atoms with Crippen molar-refractivity contribution in [3.8, 4) is 0 Å². The highest BCUT2D eigenvalue weighted by atomic mass is 16.5. The predicted molar refractivity (Wildman–Crippen MR) is 138 cm³/mol. The molecular weight excluding hydrogens is 424 g/mol. The van der Waals surface area contributed by atoms with E-state index in [1.165, 1.54) is 24.1 Å². The number of carbonyl (C=O) groups is 2. The van der Waals surface area contributed by atoms with Crippen LogP contribution >= 0.6 is 0 Å². The topological polar surface area (TPSA) is 58.6 Å². The Morgan fingerprint density at radius 2 is 1.41 bits per heavy atom. The van der Waals surface area contributed by atoms with Gasteiger partial charge in [-0.15, -0.1) is 0 Å². The van der Waals surface area contributed by atoms with Gasteiger partial charge in [-0.05, 0) is 85.0 Å². The van der Waals surface area contributed by atoms with Crippen molar-refractivity contribution in [2.75, 3.05) is 18.1 Å². The minimum atomic E-state index is -0.260. The normalized spacial score (nSPS) is 10.4. The van der Waals surface area contributed by atoms with Gasteiger partial charge in [-0.2, -0.15) is 0 Å². The molecule has 0 saturated carbocycles. The van der Waals surface area contributed by atoms with Gasteiger partial charge in [-0.3, -0.25) is 9.59 Å². The van der Waals surface area contributed by atoms with Crippen LogP contribution in [-0.4, -0.2) is 25.0 Å². The number of hydrogen-bond acceptors (Lipinski definition) is 4. The van der Waals surface area contributed by atoms with Crippen molar-refractivity contribution in [1.29, 1.82) is 0 Å². The molecule has 0 heterocycles. The lowest BCUT2D eigenvalue weighted by Gasteiger charge is -2.26. The minimum absolute atomic E-state index is 0.158. The van der Waals surface area contributed by atoms with Crippen LogP contribution in [0.3, 0.4) is 0 Å². The standard InChI is InChI=1S/C29H32N2O3/c1-5-29(33)30-18-16-24-7-12-26(13-8-24)31(28-11-6-21(2)22(3)20-28)27-14-9-25(10-15-27)17-19-34-23(4)32/h5-15,20H,1,16-19H2,2-4H3,(H,30,33). The van der Waals surface area contributed by atoms with Crippen LogP contribution in [0.1, 0.15) is 29.2 Å². The number of hydrogen-bond donors (Lipinski definition) is 1. The van der Waals surface area contributed by atoms with Gasteiger partial charge in [-0.25, -0.2) is 0 Å². The molecule has 1 N–H and O–H groups in total. The first-order valence-electron chi connectivity index (χ1n) is 11.5. The lowest BCUT2D eigenvalue weighted by molar-refractivity contribution is -0.140. The Bertz CT molecular complexity index is 1140. The second kappa shape index (κ2) is 11.8. The van der Waals surface area contributed by atoms with Crippen molar-refractivity contribution in [2.45, 2.75) is 33.6 Å². The molecule has 0 aliphatic rings. The van der Waals surface area contributed by atoms with Gasteiger partial charge in [-0.1, -0.05) is 36.9 Å². The van der Waals surface area contributed by atoms with Gasteiger partial charge in [0.1, 0.15) is 0 Å². The summed E-state index contributed by atoms with van der Waals surface area (Å²) >= 11 is 0. The van der Waals surface area contributed by atoms with Crippen LogP contribution in [0, 0.1) is 13.8 Å². The maximum atomic E-state index is 11.4. The van der Waals surface area contributed by atoms with Crippen molar-refractivity contribution in [3.05, 3.63) is 102 Å². The molecular formula is C29H32N2O3. The van der Waals surface area contributed by atoms with Gasteiger partial charge in [0, 0.05) is 37.0 Å². The molecule has 0 atom stereocenters. The summed E-state index contributed by atoms with van der Waals surface area (Å²) in [6, 6.07) is 23.2. The highest BCUT2D eigenvalue weighted by Crippen LogP contribution is 2.35. The number of benzene rings is 3. The van der Waals surface area contributed by atoms with E-state index in [0.717, 1.165) is 34.6 Å². The third kappa shape index (κ3) is 6.82. The SMILES string of the molecule is C=CC(=O)NCCc1ccc(N(c2ccc(CCOC(C)=O)cc2)c2ccc(C)c(C)c2)cc1. The quantitative estimate of drug-likeness (QED) is 0.313. The predicted octanol–water partition coefficient (Wildman–Crippen LogP) is 5.72. The number of rotatable bonds is 10. The lowest BCUT2D eigenvalue weighted by atomic mass is 10.1. The molecule has 0 aromatic heterocycles. The van der Waals surface area contributed by atoms with Gasteiger partial charge in [0.15, 0.2) is 0 Å². The van der Waals surface area contributed by atoms with E-state index in [0.29, 0.717) is 19.6 Å². The van der Waals surface area contributed by atoms with Crippen LogP contribution in [-0.2, 0) is 27.2 Å². The van der Waals surface area contributed by atoms with Gasteiger partial charge in [0.05, 0.1) is 6.61 Å². The zero-order valence-corrected chi connectivity index (χ0v) is 20.1. The summed E-state index contributed by atoms with van der Waals surface area (Å²) in [7, 11) is 0. The molecule has 0 bridgehead atoms. The first-order chi connectivity index (χ1) is 16.4. The molecule has 0 saturated heterocycles. The Kier molecular flexibility index (Phi) is 8.63. The molecule has 176 valence electrons. The fourth-order valence-corrected chi connectivity index (χ4v) is 3.65. The zero-order chi connectivity index (χ0) is 24.5. The Hall–Kier alpha value is -3.86. The van der Waals surface area contributed by atoms with E-state index >= 15 is 0 Å². The second-order valence-electron chi connectivity index (χ2n) is 8.27. The van der Waals surface area contributed by atoms with Crippen molar-refractivity contribution < 1.29 is 14.3 Å². The average molecular weight is 457 g/mol. The number of amides is 1. The van der Waals surface area contributed by atoms with E-state index in [-0.39, 0.29) is 11.9 Å². The Labute approximate surface area is 202 Å². The second-order valence-corrected chi connectivity index (χ2v) is 8.27. The minimum Gasteiger partial charge on any atom is -0.466 e. The molecule has 0 aliphatic heterocycles. The first-order valence-corrected chi connectivity index (χ1v) is 11.5. The third-order valence-electron chi connectivity index (χ3n) is 5.73. The van der Waals surface area contributed by atoms with Crippen molar-refractivity contribution in [3.63, 3.8) is 0 Å². The molecule has 3 aromatic rings. The number of nitrogens with zero attached hydrogens (tertiary/aromatic N) is 1. The molecule has 0 spiro atoms. The van der Waals surface area contributed by atoms with Gasteiger partial charge in [0.2, 0.25) is 5.91 Å². The smallest absolute Gasteiger partial charge is 0.302 e. The summed E-state index contributed by atoms with van der Waals surface area (Å²) in [6.45, 7) is 10.1. The van der Waals surface area contributed by atoms with Crippen molar-refractivity contribution >= 4 is 28.9 Å². The molecule has 1 amide bonds. The number of anilines is 3. The summed E-state index contributed by atoms with van der Waals surface area (Å²) in [6.07, 6.45) is 2.72. The number of esters is 1. The summed E-state index contributed by atoms with van der Waals surface area (Å²) in [5.41, 5.74) is 7.93. The highest BCUT2D eigenvalue weighted by Gasteiger charge is 2.13. The summed E-state index contributed by atoms with van der Waals surface area (Å²) < 4.78 is 5.07. The number of aryl methyl sites for hydroxylation is 2. The molecule has 5 heteroatoms. The third-order valence-corrected chi connectivity index (χ3v) is 5.73. The van der Waals surface area contributed by atoms with Crippen LogP contribution in [0.25, 0.3) is 0 Å². The molecule has 5 nitrogen and oxygen atoms in total.